The van der Waals surface area contributed by atoms with Crippen molar-refractivity contribution in [3.05, 3.63) is 35.9 Å². The summed E-state index contributed by atoms with van der Waals surface area (Å²) in [7, 11) is 0. The first-order valence-electron chi connectivity index (χ1n) is 7.04. The van der Waals surface area contributed by atoms with Gasteiger partial charge in [-0.1, -0.05) is 51.1 Å². The Morgan fingerprint density at radius 3 is 2.50 bits per heavy atom. The van der Waals surface area contributed by atoms with E-state index in [9.17, 15) is 4.79 Å². The number of nitrogens with one attached hydrogen (secondary N) is 1. The van der Waals surface area contributed by atoms with Crippen LogP contribution in [-0.4, -0.2) is 25.7 Å². The van der Waals surface area contributed by atoms with Gasteiger partial charge >= 0.3 is 0 Å². The first kappa shape index (κ1) is 16.7. The van der Waals surface area contributed by atoms with Crippen molar-refractivity contribution >= 4 is 5.91 Å². The number of benzene rings is 1. The van der Waals surface area contributed by atoms with E-state index in [1.165, 1.54) is 0 Å². The minimum absolute atomic E-state index is 0.00479. The van der Waals surface area contributed by atoms with E-state index in [1.54, 1.807) is 0 Å². The van der Waals surface area contributed by atoms with Crippen LogP contribution in [-0.2, 0) is 9.53 Å². The fourth-order valence-corrected chi connectivity index (χ4v) is 2.03. The molecule has 0 saturated carbocycles. The zero-order valence-electron chi connectivity index (χ0n) is 12.7. The van der Waals surface area contributed by atoms with E-state index in [4.69, 9.17) is 10.5 Å². The maximum Gasteiger partial charge on any atom is 0.246 e. The molecule has 1 rings (SSSR count). The van der Waals surface area contributed by atoms with Crippen LogP contribution in [0.3, 0.4) is 0 Å². The Bertz CT molecular complexity index is 399. The van der Waals surface area contributed by atoms with E-state index >= 15 is 0 Å². The lowest BCUT2D eigenvalue weighted by molar-refractivity contribution is -0.126. The maximum atomic E-state index is 11.9. The van der Waals surface area contributed by atoms with Crippen molar-refractivity contribution in [2.24, 2.45) is 11.1 Å². The first-order valence-corrected chi connectivity index (χ1v) is 7.04. The number of carbonyl (C=O) groups is 1. The second-order valence-electron chi connectivity index (χ2n) is 6.14. The predicted molar refractivity (Wildman–Crippen MR) is 81.3 cm³/mol. The van der Waals surface area contributed by atoms with Crippen LogP contribution in [0.25, 0.3) is 0 Å². The molecular formula is C16H26N2O2. The molecule has 1 aromatic carbocycles. The van der Waals surface area contributed by atoms with Crippen LogP contribution < -0.4 is 11.1 Å². The molecule has 1 unspecified atom stereocenters. The molecule has 1 amide bonds. The van der Waals surface area contributed by atoms with Gasteiger partial charge in [-0.05, 0) is 17.4 Å². The smallest absolute Gasteiger partial charge is 0.246 e. The highest BCUT2D eigenvalue weighted by molar-refractivity contribution is 5.77. The van der Waals surface area contributed by atoms with Crippen molar-refractivity contribution in [1.82, 2.24) is 5.32 Å². The zero-order valence-corrected chi connectivity index (χ0v) is 12.7. The normalized spacial score (nSPS) is 13.0. The lowest BCUT2D eigenvalue weighted by atomic mass is 9.85. The van der Waals surface area contributed by atoms with Crippen molar-refractivity contribution < 1.29 is 9.53 Å². The van der Waals surface area contributed by atoms with Gasteiger partial charge in [0.25, 0.3) is 0 Å². The second kappa shape index (κ2) is 8.02. The molecule has 1 atom stereocenters. The molecule has 20 heavy (non-hydrogen) atoms. The van der Waals surface area contributed by atoms with Crippen LogP contribution in [0.15, 0.2) is 30.3 Å². The summed E-state index contributed by atoms with van der Waals surface area (Å²) in [6.07, 6.45) is 0.875. The SMILES string of the molecule is CC(C)(C)CC(NC(=O)COCCN)c1ccccc1. The summed E-state index contributed by atoms with van der Waals surface area (Å²) < 4.78 is 5.17. The largest absolute Gasteiger partial charge is 0.370 e. The molecule has 0 aliphatic rings. The van der Waals surface area contributed by atoms with Gasteiger partial charge in [-0.15, -0.1) is 0 Å². The Labute approximate surface area is 121 Å². The molecular weight excluding hydrogens is 252 g/mol. The van der Waals surface area contributed by atoms with E-state index in [0.29, 0.717) is 13.2 Å². The van der Waals surface area contributed by atoms with Crippen molar-refractivity contribution in [1.29, 1.82) is 0 Å². The van der Waals surface area contributed by atoms with Gasteiger partial charge in [-0.25, -0.2) is 0 Å². The van der Waals surface area contributed by atoms with Gasteiger partial charge in [0.05, 0.1) is 12.6 Å². The number of nitrogens with two attached hydrogens (primary N) is 1. The fourth-order valence-electron chi connectivity index (χ4n) is 2.03. The monoisotopic (exact) mass is 278 g/mol. The van der Waals surface area contributed by atoms with Crippen molar-refractivity contribution in [3.63, 3.8) is 0 Å². The van der Waals surface area contributed by atoms with E-state index in [2.05, 4.69) is 26.1 Å². The van der Waals surface area contributed by atoms with Crippen molar-refractivity contribution in [3.8, 4) is 0 Å². The molecule has 0 aromatic heterocycles. The number of hydrogen-bond donors (Lipinski definition) is 2. The standard InChI is InChI=1S/C16H26N2O2/c1-16(2,3)11-14(13-7-5-4-6-8-13)18-15(19)12-20-10-9-17/h4-8,14H,9-12,17H2,1-3H3,(H,18,19). The third kappa shape index (κ3) is 6.68. The number of carbonyl (C=O) groups excluding carboxylic acids is 1. The molecule has 0 aliphatic heterocycles. The molecule has 0 aliphatic carbocycles. The lowest BCUT2D eigenvalue weighted by Crippen LogP contribution is -2.34. The van der Waals surface area contributed by atoms with Gasteiger partial charge in [0.2, 0.25) is 5.91 Å². The molecule has 0 radical (unpaired) electrons. The molecule has 0 bridgehead atoms. The Balaban J connectivity index is 2.66. The Morgan fingerprint density at radius 2 is 1.95 bits per heavy atom. The number of rotatable bonds is 7. The number of ether oxygens (including phenoxy) is 1. The van der Waals surface area contributed by atoms with Gasteiger partial charge in [0, 0.05) is 6.54 Å². The van der Waals surface area contributed by atoms with Crippen LogP contribution in [0, 0.1) is 5.41 Å². The van der Waals surface area contributed by atoms with Crippen LogP contribution in [0.5, 0.6) is 0 Å². The van der Waals surface area contributed by atoms with Crippen LogP contribution >= 0.6 is 0 Å². The molecule has 4 heteroatoms. The maximum absolute atomic E-state index is 11.9. The minimum Gasteiger partial charge on any atom is -0.370 e. The third-order valence-electron chi connectivity index (χ3n) is 2.85. The Hall–Kier alpha value is -1.39. The van der Waals surface area contributed by atoms with Crippen LogP contribution in [0.4, 0.5) is 0 Å². The zero-order chi connectivity index (χ0) is 15.0. The molecule has 0 spiro atoms. The third-order valence-corrected chi connectivity index (χ3v) is 2.85. The van der Waals surface area contributed by atoms with E-state index in [-0.39, 0.29) is 24.0 Å². The summed E-state index contributed by atoms with van der Waals surface area (Å²) in [5, 5.41) is 3.04. The molecule has 3 N–H and O–H groups in total. The summed E-state index contributed by atoms with van der Waals surface area (Å²) >= 11 is 0. The average Bonchev–Trinajstić information content (AvgIpc) is 2.38. The summed E-state index contributed by atoms with van der Waals surface area (Å²) in [6, 6.07) is 10.0. The predicted octanol–water partition coefficient (Wildman–Crippen LogP) is 2.26. The van der Waals surface area contributed by atoms with Crippen LogP contribution in [0.1, 0.15) is 38.8 Å². The molecule has 0 saturated heterocycles. The van der Waals surface area contributed by atoms with E-state index in [0.717, 1.165) is 12.0 Å². The summed E-state index contributed by atoms with van der Waals surface area (Å²) in [5.41, 5.74) is 6.58. The first-order chi connectivity index (χ1) is 9.42. The number of hydrogen-bond acceptors (Lipinski definition) is 3. The van der Waals surface area contributed by atoms with Crippen molar-refractivity contribution in [2.75, 3.05) is 19.8 Å². The average molecular weight is 278 g/mol. The molecule has 1 aromatic rings. The number of amides is 1. The molecule has 112 valence electrons. The van der Waals surface area contributed by atoms with Gasteiger partial charge in [0.1, 0.15) is 6.61 Å². The van der Waals surface area contributed by atoms with Gasteiger partial charge in [0.15, 0.2) is 0 Å². The quantitative estimate of drug-likeness (QED) is 0.752. The topological polar surface area (TPSA) is 64.3 Å². The highest BCUT2D eigenvalue weighted by atomic mass is 16.5. The molecule has 4 nitrogen and oxygen atoms in total. The Kier molecular flexibility index (Phi) is 6.68. The van der Waals surface area contributed by atoms with Crippen molar-refractivity contribution in [2.45, 2.75) is 33.2 Å². The summed E-state index contributed by atoms with van der Waals surface area (Å²) in [6.45, 7) is 7.39. The minimum atomic E-state index is -0.100. The highest BCUT2D eigenvalue weighted by Crippen LogP contribution is 2.29. The van der Waals surface area contributed by atoms with Gasteiger partial charge < -0.3 is 15.8 Å². The Morgan fingerprint density at radius 1 is 1.30 bits per heavy atom. The van der Waals surface area contributed by atoms with Gasteiger partial charge in [-0.2, -0.15) is 0 Å². The van der Waals surface area contributed by atoms with E-state index in [1.807, 2.05) is 30.3 Å². The van der Waals surface area contributed by atoms with Crippen LogP contribution in [0.2, 0.25) is 0 Å². The van der Waals surface area contributed by atoms with Gasteiger partial charge in [-0.3, -0.25) is 4.79 Å². The fraction of sp³-hybridized carbons (Fsp3) is 0.562. The highest BCUT2D eigenvalue weighted by Gasteiger charge is 2.21. The lowest BCUT2D eigenvalue weighted by Gasteiger charge is -2.27. The second-order valence-corrected chi connectivity index (χ2v) is 6.14. The summed E-state index contributed by atoms with van der Waals surface area (Å²) in [4.78, 5) is 11.9. The van der Waals surface area contributed by atoms with E-state index < -0.39 is 0 Å². The molecule has 0 fully saturated rings. The summed E-state index contributed by atoms with van der Waals surface area (Å²) in [5.74, 6) is -0.100. The molecule has 0 heterocycles.